The number of carboxylic acids is 1. The van der Waals surface area contributed by atoms with Crippen molar-refractivity contribution < 1.29 is 14.6 Å². The van der Waals surface area contributed by atoms with Gasteiger partial charge in [-0.25, -0.2) is 9.78 Å². The van der Waals surface area contributed by atoms with E-state index in [1.54, 1.807) is 17.8 Å². The molecule has 0 amide bonds. The van der Waals surface area contributed by atoms with Gasteiger partial charge >= 0.3 is 5.97 Å². The number of ether oxygens (including phenoxy) is 1. The molecule has 0 bridgehead atoms. The Balaban J connectivity index is 1.17. The third-order valence-corrected chi connectivity index (χ3v) is 9.05. The molecular formula is C33H35IN4O3. The van der Waals surface area contributed by atoms with Gasteiger partial charge in [-0.2, -0.15) is 0 Å². The lowest BCUT2D eigenvalue weighted by molar-refractivity contribution is 0.0694. The first-order chi connectivity index (χ1) is 19.7. The van der Waals surface area contributed by atoms with E-state index >= 15 is 0 Å². The molecule has 2 N–H and O–H groups in total. The van der Waals surface area contributed by atoms with Crippen LogP contribution in [0.15, 0.2) is 72.6 Å². The van der Waals surface area contributed by atoms with Gasteiger partial charge in [-0.3, -0.25) is 4.90 Å². The molecule has 2 aromatic heterocycles. The van der Waals surface area contributed by atoms with Crippen LogP contribution in [0.25, 0.3) is 16.6 Å². The van der Waals surface area contributed by atoms with Crippen LogP contribution >= 0.6 is 22.6 Å². The highest BCUT2D eigenvalue weighted by Crippen LogP contribution is 2.43. The first-order valence-corrected chi connectivity index (χ1v) is 15.2. The van der Waals surface area contributed by atoms with Crippen molar-refractivity contribution in [2.24, 2.45) is 5.41 Å². The summed E-state index contributed by atoms with van der Waals surface area (Å²) < 4.78 is 7.35. The van der Waals surface area contributed by atoms with Crippen LogP contribution in [-0.2, 0) is 0 Å². The highest BCUT2D eigenvalue weighted by molar-refractivity contribution is 14.1. The summed E-state index contributed by atoms with van der Waals surface area (Å²) in [5.74, 6) is -0.180. The van der Waals surface area contributed by atoms with Gasteiger partial charge in [0.1, 0.15) is 22.7 Å². The standard InChI is InChI=1S/C33H35IN4O3/c1-33(2)11-9-24(29(19-33)22-3-5-25(34)6-4-22)21-37-13-15-38(16-14-37)26-7-8-28(32(39)40)30(18-26)41-27-17-23-10-12-35-31(23)36-20-27/h3-8,10,12,17-18,20H,9,11,13-16,19,21H2,1-2H3,(H,35,36)(H,39,40). The summed E-state index contributed by atoms with van der Waals surface area (Å²) in [6.45, 7) is 9.44. The van der Waals surface area contributed by atoms with E-state index in [2.05, 4.69) is 80.5 Å². The summed E-state index contributed by atoms with van der Waals surface area (Å²) in [6, 6.07) is 18.1. The van der Waals surface area contributed by atoms with E-state index in [-0.39, 0.29) is 5.56 Å². The zero-order valence-corrected chi connectivity index (χ0v) is 25.6. The van der Waals surface area contributed by atoms with E-state index in [4.69, 9.17) is 4.74 Å². The Kier molecular flexibility index (Phi) is 7.78. The van der Waals surface area contributed by atoms with Crippen molar-refractivity contribution in [2.75, 3.05) is 37.6 Å². The second-order valence-electron chi connectivity index (χ2n) is 11.9. The summed E-state index contributed by atoms with van der Waals surface area (Å²) in [4.78, 5) is 24.3. The van der Waals surface area contributed by atoms with E-state index < -0.39 is 5.97 Å². The fraction of sp³-hybridized carbons (Fsp3) is 0.333. The Labute approximate surface area is 254 Å². The van der Waals surface area contributed by atoms with Gasteiger partial charge in [-0.1, -0.05) is 31.6 Å². The number of carboxylic acid groups (broad SMARTS) is 1. The van der Waals surface area contributed by atoms with Gasteiger partial charge in [-0.15, -0.1) is 0 Å². The Bertz CT molecular complexity index is 1600. The van der Waals surface area contributed by atoms with Crippen LogP contribution in [0.5, 0.6) is 11.5 Å². The molecule has 212 valence electrons. The van der Waals surface area contributed by atoms with Crippen molar-refractivity contribution in [3.63, 3.8) is 0 Å². The Morgan fingerprint density at radius 1 is 1.07 bits per heavy atom. The minimum atomic E-state index is -1.01. The van der Waals surface area contributed by atoms with Crippen molar-refractivity contribution >= 4 is 50.9 Å². The molecule has 0 spiro atoms. The van der Waals surface area contributed by atoms with Gasteiger partial charge in [0.25, 0.3) is 0 Å². The topological polar surface area (TPSA) is 81.7 Å². The lowest BCUT2D eigenvalue weighted by atomic mass is 9.72. The number of anilines is 1. The number of fused-ring (bicyclic) bond motifs is 1. The summed E-state index contributed by atoms with van der Waals surface area (Å²) in [7, 11) is 0. The number of aromatic carboxylic acids is 1. The van der Waals surface area contributed by atoms with E-state index in [1.165, 1.54) is 21.1 Å². The number of allylic oxidation sites excluding steroid dienone is 1. The Hall–Kier alpha value is -3.37. The minimum Gasteiger partial charge on any atom is -0.478 e. The molecule has 4 aromatic rings. The molecule has 6 rings (SSSR count). The third-order valence-electron chi connectivity index (χ3n) is 8.33. The van der Waals surface area contributed by atoms with Gasteiger partial charge in [-0.05, 0) is 94.8 Å². The number of pyridine rings is 1. The second-order valence-corrected chi connectivity index (χ2v) is 13.1. The lowest BCUT2D eigenvalue weighted by Gasteiger charge is -2.39. The van der Waals surface area contributed by atoms with Crippen molar-refractivity contribution in [1.29, 1.82) is 0 Å². The van der Waals surface area contributed by atoms with E-state index in [0.29, 0.717) is 16.9 Å². The smallest absolute Gasteiger partial charge is 0.339 e. The minimum absolute atomic E-state index is 0.136. The number of carbonyl (C=O) groups is 1. The zero-order chi connectivity index (χ0) is 28.6. The highest BCUT2D eigenvalue weighted by Gasteiger charge is 2.29. The van der Waals surface area contributed by atoms with Gasteiger partial charge in [0.05, 0.1) is 6.20 Å². The third kappa shape index (κ3) is 6.28. The van der Waals surface area contributed by atoms with E-state index in [9.17, 15) is 9.90 Å². The molecule has 2 aliphatic rings. The summed E-state index contributed by atoms with van der Waals surface area (Å²) in [6.07, 6.45) is 6.92. The quantitative estimate of drug-likeness (QED) is 0.200. The molecule has 2 aromatic carbocycles. The number of nitrogens with one attached hydrogen (secondary N) is 1. The summed E-state index contributed by atoms with van der Waals surface area (Å²) in [5, 5.41) is 10.7. The van der Waals surface area contributed by atoms with Crippen LogP contribution in [-0.4, -0.2) is 58.7 Å². The average molecular weight is 663 g/mol. The summed E-state index contributed by atoms with van der Waals surface area (Å²) in [5.41, 5.74) is 6.66. The van der Waals surface area contributed by atoms with Crippen LogP contribution in [0.1, 0.15) is 49.0 Å². The molecule has 1 fully saturated rings. The van der Waals surface area contributed by atoms with Crippen molar-refractivity contribution in [2.45, 2.75) is 33.1 Å². The number of aromatic amines is 1. The number of aromatic nitrogens is 2. The monoisotopic (exact) mass is 662 g/mol. The van der Waals surface area contributed by atoms with Crippen LogP contribution in [0, 0.1) is 8.99 Å². The molecule has 1 saturated heterocycles. The molecule has 8 heteroatoms. The molecule has 0 unspecified atom stereocenters. The number of piperazine rings is 1. The average Bonchev–Trinajstić information content (AvgIpc) is 3.43. The van der Waals surface area contributed by atoms with Crippen molar-refractivity contribution in [3.05, 3.63) is 87.3 Å². The fourth-order valence-corrected chi connectivity index (χ4v) is 6.33. The molecule has 1 aliphatic heterocycles. The number of rotatable bonds is 7. The highest BCUT2D eigenvalue weighted by atomic mass is 127. The first kappa shape index (κ1) is 27.8. The molecular weight excluding hydrogens is 627 g/mol. The lowest BCUT2D eigenvalue weighted by Crippen LogP contribution is -2.47. The SMILES string of the molecule is CC1(C)CCC(CN2CCN(c3ccc(C(=O)O)c(Oc4cnc5[nH]ccc5c4)c3)CC2)=C(c2ccc(I)cc2)C1. The van der Waals surface area contributed by atoms with Gasteiger partial charge in [0, 0.05) is 59.6 Å². The number of H-pyrrole nitrogens is 1. The van der Waals surface area contributed by atoms with E-state index in [1.807, 2.05) is 30.5 Å². The van der Waals surface area contributed by atoms with Crippen LogP contribution < -0.4 is 9.64 Å². The van der Waals surface area contributed by atoms with Crippen LogP contribution in [0.2, 0.25) is 0 Å². The van der Waals surface area contributed by atoms with Gasteiger partial charge in [0.2, 0.25) is 0 Å². The predicted molar refractivity (Wildman–Crippen MR) is 172 cm³/mol. The van der Waals surface area contributed by atoms with Gasteiger partial charge in [0.15, 0.2) is 0 Å². The first-order valence-electron chi connectivity index (χ1n) is 14.2. The Morgan fingerprint density at radius 3 is 2.61 bits per heavy atom. The second kappa shape index (κ2) is 11.5. The number of benzene rings is 2. The van der Waals surface area contributed by atoms with Crippen molar-refractivity contribution in [1.82, 2.24) is 14.9 Å². The number of hydrogen-bond donors (Lipinski definition) is 2. The molecule has 0 atom stereocenters. The molecule has 7 nitrogen and oxygen atoms in total. The zero-order valence-electron chi connectivity index (χ0n) is 23.5. The predicted octanol–water partition coefficient (Wildman–Crippen LogP) is 7.44. The molecule has 0 saturated carbocycles. The maximum atomic E-state index is 12.0. The summed E-state index contributed by atoms with van der Waals surface area (Å²) >= 11 is 2.38. The van der Waals surface area contributed by atoms with Crippen molar-refractivity contribution in [3.8, 4) is 11.5 Å². The van der Waals surface area contributed by atoms with Gasteiger partial charge < -0.3 is 19.7 Å². The maximum Gasteiger partial charge on any atom is 0.339 e. The number of hydrogen-bond acceptors (Lipinski definition) is 5. The van der Waals surface area contributed by atoms with E-state index in [0.717, 1.165) is 62.3 Å². The van der Waals surface area contributed by atoms with Crippen LogP contribution in [0.3, 0.4) is 0 Å². The number of nitrogens with zero attached hydrogens (tertiary/aromatic N) is 3. The maximum absolute atomic E-state index is 12.0. The van der Waals surface area contributed by atoms with Crippen LogP contribution in [0.4, 0.5) is 5.69 Å². The fourth-order valence-electron chi connectivity index (χ4n) is 5.97. The Morgan fingerprint density at radius 2 is 1.85 bits per heavy atom. The molecule has 3 heterocycles. The largest absolute Gasteiger partial charge is 0.478 e. The molecule has 0 radical (unpaired) electrons. The normalized spacial score (nSPS) is 17.7. The molecule has 41 heavy (non-hydrogen) atoms. The molecule has 1 aliphatic carbocycles. The number of halogens is 1.